The molecule has 5 nitrogen and oxygen atoms in total. The van der Waals surface area contributed by atoms with Gasteiger partial charge in [-0.1, -0.05) is 60.1 Å². The zero-order valence-corrected chi connectivity index (χ0v) is 16.7. The Morgan fingerprint density at radius 2 is 1.40 bits per heavy atom. The number of ketones is 2. The molecule has 1 heterocycles. The van der Waals surface area contributed by atoms with Gasteiger partial charge in [0.25, 0.3) is 11.8 Å². The van der Waals surface area contributed by atoms with Crippen LogP contribution in [-0.4, -0.2) is 28.3 Å². The number of carbonyl (C=O) groups is 4. The molecule has 1 aliphatic rings. The number of carbonyl (C=O) groups excluding carboxylic acids is 4. The van der Waals surface area contributed by atoms with Gasteiger partial charge in [0.1, 0.15) is 6.04 Å². The minimum Gasteiger partial charge on any atom is -0.297 e. The molecule has 1 aliphatic heterocycles. The van der Waals surface area contributed by atoms with Crippen molar-refractivity contribution in [2.45, 2.75) is 13.0 Å². The summed E-state index contributed by atoms with van der Waals surface area (Å²) in [7, 11) is 0. The first-order chi connectivity index (χ1) is 14.4. The van der Waals surface area contributed by atoms with Gasteiger partial charge in [-0.05, 0) is 36.8 Å². The lowest BCUT2D eigenvalue weighted by Crippen LogP contribution is -2.38. The number of amides is 2. The van der Waals surface area contributed by atoms with Crippen molar-refractivity contribution in [3.63, 3.8) is 0 Å². The predicted molar refractivity (Wildman–Crippen MR) is 112 cm³/mol. The Labute approximate surface area is 177 Å². The van der Waals surface area contributed by atoms with Gasteiger partial charge in [0.15, 0.2) is 11.6 Å². The number of fused-ring (bicyclic) bond motifs is 1. The largest absolute Gasteiger partial charge is 0.297 e. The van der Waals surface area contributed by atoms with Gasteiger partial charge in [0, 0.05) is 16.1 Å². The molecular weight excluding hydrogens is 402 g/mol. The summed E-state index contributed by atoms with van der Waals surface area (Å²) in [5.41, 5.74) is 1.31. The van der Waals surface area contributed by atoms with Crippen LogP contribution in [0, 0.1) is 0 Å². The molecule has 0 aliphatic carbocycles. The molecule has 0 aromatic heterocycles. The van der Waals surface area contributed by atoms with Crippen LogP contribution >= 0.6 is 11.6 Å². The minimum atomic E-state index is -1.24. The molecule has 0 radical (unpaired) electrons. The summed E-state index contributed by atoms with van der Waals surface area (Å²) < 4.78 is 0. The fraction of sp³-hybridized carbons (Fsp3) is 0.0833. The number of benzene rings is 3. The maximum absolute atomic E-state index is 13.2. The zero-order chi connectivity index (χ0) is 21.4. The summed E-state index contributed by atoms with van der Waals surface area (Å²) in [4.78, 5) is 52.8. The standard InChI is InChI=1S/C24H16ClNO4/c1-14(27)21(26-23(29)18-9-5-6-10-19(18)24(26)30)17-12-11-16(25)13-20(17)22(28)15-7-3-2-4-8-15/h2-13,21H,1H3. The molecule has 0 fully saturated rings. The van der Waals surface area contributed by atoms with Gasteiger partial charge in [0.2, 0.25) is 0 Å². The number of rotatable bonds is 5. The molecule has 0 saturated carbocycles. The zero-order valence-electron chi connectivity index (χ0n) is 16.0. The normalized spacial score (nSPS) is 13.9. The lowest BCUT2D eigenvalue weighted by molar-refractivity contribution is -0.121. The molecule has 6 heteroatoms. The van der Waals surface area contributed by atoms with Gasteiger partial charge < -0.3 is 0 Å². The summed E-state index contributed by atoms with van der Waals surface area (Å²) in [6.45, 7) is 1.29. The lowest BCUT2D eigenvalue weighted by Gasteiger charge is -2.26. The molecule has 0 bridgehead atoms. The minimum absolute atomic E-state index is 0.172. The Morgan fingerprint density at radius 1 is 0.833 bits per heavy atom. The molecule has 1 unspecified atom stereocenters. The summed E-state index contributed by atoms with van der Waals surface area (Å²) in [5.74, 6) is -1.92. The first-order valence-corrected chi connectivity index (χ1v) is 9.64. The molecule has 0 N–H and O–H groups in total. The predicted octanol–water partition coefficient (Wildman–Crippen LogP) is 4.50. The van der Waals surface area contributed by atoms with Gasteiger partial charge in [-0.2, -0.15) is 0 Å². The van der Waals surface area contributed by atoms with E-state index in [0.29, 0.717) is 10.6 Å². The van der Waals surface area contributed by atoms with Gasteiger partial charge in [-0.15, -0.1) is 0 Å². The summed E-state index contributed by atoms with van der Waals surface area (Å²) in [6.07, 6.45) is 0. The molecule has 0 saturated heterocycles. The number of imide groups is 1. The Hall–Kier alpha value is -3.57. The monoisotopic (exact) mass is 417 g/mol. The first-order valence-electron chi connectivity index (χ1n) is 9.26. The van der Waals surface area contributed by atoms with Crippen LogP contribution in [0.25, 0.3) is 0 Å². The fourth-order valence-electron chi connectivity index (χ4n) is 3.69. The van der Waals surface area contributed by atoms with Crippen molar-refractivity contribution in [2.75, 3.05) is 0 Å². The van der Waals surface area contributed by atoms with Crippen LogP contribution in [0.3, 0.4) is 0 Å². The number of halogens is 1. The lowest BCUT2D eigenvalue weighted by atomic mass is 9.91. The van der Waals surface area contributed by atoms with Gasteiger partial charge >= 0.3 is 0 Å². The third kappa shape index (κ3) is 3.23. The SMILES string of the molecule is CC(=O)C(c1ccc(Cl)cc1C(=O)c1ccccc1)N1C(=O)c2ccccc2C1=O. The molecule has 30 heavy (non-hydrogen) atoms. The molecule has 1 atom stereocenters. The van der Waals surface area contributed by atoms with Crippen molar-refractivity contribution in [3.05, 3.63) is 106 Å². The summed E-state index contributed by atoms with van der Waals surface area (Å²) >= 11 is 6.14. The third-order valence-corrected chi connectivity index (χ3v) is 5.29. The average Bonchev–Trinajstić information content (AvgIpc) is 3.00. The van der Waals surface area contributed by atoms with Crippen LogP contribution in [0.1, 0.15) is 55.2 Å². The first kappa shape index (κ1) is 19.7. The second-order valence-corrected chi connectivity index (χ2v) is 7.40. The van der Waals surface area contributed by atoms with E-state index in [9.17, 15) is 19.2 Å². The van der Waals surface area contributed by atoms with E-state index in [1.165, 1.54) is 25.1 Å². The molecule has 2 amide bonds. The highest BCUT2D eigenvalue weighted by Gasteiger charge is 2.43. The molecule has 148 valence electrons. The van der Waals surface area contributed by atoms with E-state index in [1.54, 1.807) is 54.6 Å². The fourth-order valence-corrected chi connectivity index (χ4v) is 3.86. The molecule has 3 aromatic rings. The highest BCUT2D eigenvalue weighted by molar-refractivity contribution is 6.31. The van der Waals surface area contributed by atoms with Gasteiger partial charge in [-0.3, -0.25) is 24.1 Å². The van der Waals surface area contributed by atoms with E-state index in [1.807, 2.05) is 0 Å². The molecule has 4 rings (SSSR count). The van der Waals surface area contributed by atoms with E-state index in [-0.39, 0.29) is 28.0 Å². The summed E-state index contributed by atoms with van der Waals surface area (Å²) in [6, 6.07) is 18.2. The second-order valence-electron chi connectivity index (χ2n) is 6.97. The maximum Gasteiger partial charge on any atom is 0.262 e. The number of nitrogens with zero attached hydrogens (tertiary/aromatic N) is 1. The van der Waals surface area contributed by atoms with E-state index in [0.717, 1.165) is 4.90 Å². The summed E-state index contributed by atoms with van der Waals surface area (Å²) in [5, 5.41) is 0.308. The Balaban J connectivity index is 1.86. The van der Waals surface area contributed by atoms with Crippen molar-refractivity contribution in [1.29, 1.82) is 0 Å². The van der Waals surface area contributed by atoms with E-state index in [2.05, 4.69) is 0 Å². The van der Waals surface area contributed by atoms with E-state index in [4.69, 9.17) is 11.6 Å². The van der Waals surface area contributed by atoms with Crippen LogP contribution < -0.4 is 0 Å². The highest BCUT2D eigenvalue weighted by Crippen LogP contribution is 2.35. The van der Waals surface area contributed by atoms with E-state index < -0.39 is 23.6 Å². The number of Topliss-reactive ketones (excluding diaryl/α,β-unsaturated/α-hetero) is 1. The third-order valence-electron chi connectivity index (χ3n) is 5.06. The average molecular weight is 418 g/mol. The van der Waals surface area contributed by atoms with Gasteiger partial charge in [-0.25, -0.2) is 0 Å². The number of hydrogen-bond donors (Lipinski definition) is 0. The molecule has 3 aromatic carbocycles. The van der Waals surface area contributed by atoms with Crippen LogP contribution in [0.2, 0.25) is 5.02 Å². The Kier molecular flexibility index (Phi) is 5.06. The van der Waals surface area contributed by atoms with Crippen LogP contribution in [-0.2, 0) is 4.79 Å². The quantitative estimate of drug-likeness (QED) is 0.452. The van der Waals surface area contributed by atoms with Crippen molar-refractivity contribution in [1.82, 2.24) is 4.90 Å². The van der Waals surface area contributed by atoms with Crippen LogP contribution in [0.4, 0.5) is 0 Å². The van der Waals surface area contributed by atoms with Crippen LogP contribution in [0.5, 0.6) is 0 Å². The Bertz CT molecular complexity index is 1170. The van der Waals surface area contributed by atoms with Crippen molar-refractivity contribution in [2.24, 2.45) is 0 Å². The molecule has 0 spiro atoms. The highest BCUT2D eigenvalue weighted by atomic mass is 35.5. The Morgan fingerprint density at radius 3 is 1.97 bits per heavy atom. The van der Waals surface area contributed by atoms with Gasteiger partial charge in [0.05, 0.1) is 11.1 Å². The number of hydrogen-bond acceptors (Lipinski definition) is 4. The smallest absolute Gasteiger partial charge is 0.262 e. The van der Waals surface area contributed by atoms with Crippen molar-refractivity contribution >= 4 is 35.0 Å². The van der Waals surface area contributed by atoms with Crippen molar-refractivity contribution in [3.8, 4) is 0 Å². The molecular formula is C24H16ClNO4. The van der Waals surface area contributed by atoms with Crippen LogP contribution in [0.15, 0.2) is 72.8 Å². The topological polar surface area (TPSA) is 71.5 Å². The van der Waals surface area contributed by atoms with Crippen molar-refractivity contribution < 1.29 is 19.2 Å². The second kappa shape index (κ2) is 7.69. The maximum atomic E-state index is 13.2. The van der Waals surface area contributed by atoms with E-state index >= 15 is 0 Å².